The van der Waals surface area contributed by atoms with Gasteiger partial charge in [-0.25, -0.2) is 4.79 Å². The Hall–Kier alpha value is -4.91. The van der Waals surface area contributed by atoms with Gasteiger partial charge >= 0.3 is 6.16 Å². The number of benzene rings is 4. The molecule has 7 nitrogen and oxygen atoms in total. The Kier molecular flexibility index (Phi) is 8.96. The van der Waals surface area contributed by atoms with Crippen molar-refractivity contribution in [3.05, 3.63) is 118 Å². The summed E-state index contributed by atoms with van der Waals surface area (Å²) >= 11 is 0. The predicted octanol–water partition coefficient (Wildman–Crippen LogP) is 7.04. The minimum Gasteiger partial charge on any atom is -0.507 e. The van der Waals surface area contributed by atoms with Crippen molar-refractivity contribution >= 4 is 17.7 Å². The molecule has 0 radical (unpaired) electrons. The molecule has 0 aromatic heterocycles. The van der Waals surface area contributed by atoms with Crippen LogP contribution in [0.2, 0.25) is 0 Å². The summed E-state index contributed by atoms with van der Waals surface area (Å²) in [5.74, 6) is -0.394. The topological polar surface area (TPSA) is 110 Å². The van der Waals surface area contributed by atoms with Crippen molar-refractivity contribution in [2.75, 3.05) is 0 Å². The molecule has 0 spiro atoms. The number of hydrogen-bond acceptors (Lipinski definition) is 7. The van der Waals surface area contributed by atoms with Crippen LogP contribution in [0, 0.1) is 0 Å². The van der Waals surface area contributed by atoms with Gasteiger partial charge in [-0.2, -0.15) is 0 Å². The lowest BCUT2D eigenvalue weighted by atomic mass is 9.98. The second kappa shape index (κ2) is 12.8. The molecule has 2 N–H and O–H groups in total. The van der Waals surface area contributed by atoms with Crippen molar-refractivity contribution < 1.29 is 34.1 Å². The maximum Gasteiger partial charge on any atom is 0.519 e. The second-order valence-corrected chi connectivity index (χ2v) is 9.29. The van der Waals surface area contributed by atoms with Crippen molar-refractivity contribution in [3.63, 3.8) is 0 Å². The smallest absolute Gasteiger partial charge is 0.507 e. The number of carbonyl (C=O) groups is 3. The zero-order valence-corrected chi connectivity index (χ0v) is 22.3. The SMILES string of the molecule is CCCc1cccc(C(=O)c2ccc(OC(=O)Oc3ccc(C(=O)c4cccc(CCC)c4O)cc3)cc2)c1O. The van der Waals surface area contributed by atoms with E-state index in [1.807, 2.05) is 13.8 Å². The van der Waals surface area contributed by atoms with E-state index in [2.05, 4.69) is 0 Å². The van der Waals surface area contributed by atoms with Gasteiger partial charge in [-0.15, -0.1) is 0 Å². The Morgan fingerprint density at radius 3 is 1.30 bits per heavy atom. The van der Waals surface area contributed by atoms with Gasteiger partial charge < -0.3 is 19.7 Å². The highest BCUT2D eigenvalue weighted by atomic mass is 16.7. The number of ketones is 2. The molecule has 0 aliphatic carbocycles. The molecule has 0 atom stereocenters. The average Bonchev–Trinajstić information content (AvgIpc) is 2.95. The van der Waals surface area contributed by atoms with E-state index in [9.17, 15) is 24.6 Å². The van der Waals surface area contributed by atoms with E-state index >= 15 is 0 Å². The molecule has 4 aromatic rings. The molecule has 0 bridgehead atoms. The standard InChI is InChI=1S/C33H30O7/c1-3-7-21-9-5-11-27(29(21)34)31(36)23-13-17-25(18-14-23)39-33(38)40-26-19-15-24(16-20-26)32(37)28-12-6-10-22(8-4-2)30(28)35/h5-6,9-20,34-35H,3-4,7-8H2,1-2H3. The molecular formula is C33H30O7. The highest BCUT2D eigenvalue weighted by molar-refractivity contribution is 6.11. The molecule has 0 saturated carbocycles. The van der Waals surface area contributed by atoms with Crippen LogP contribution in [0.15, 0.2) is 84.9 Å². The molecule has 4 rings (SSSR count). The van der Waals surface area contributed by atoms with Crippen LogP contribution in [0.25, 0.3) is 0 Å². The van der Waals surface area contributed by atoms with E-state index in [1.165, 1.54) is 48.5 Å². The quantitative estimate of drug-likeness (QED) is 0.127. The Morgan fingerprint density at radius 1 is 0.575 bits per heavy atom. The second-order valence-electron chi connectivity index (χ2n) is 9.29. The molecule has 0 fully saturated rings. The fourth-order valence-electron chi connectivity index (χ4n) is 4.36. The van der Waals surface area contributed by atoms with Gasteiger partial charge in [0.15, 0.2) is 11.6 Å². The third kappa shape index (κ3) is 6.38. The molecule has 0 unspecified atom stereocenters. The average molecular weight is 539 g/mol. The predicted molar refractivity (Wildman–Crippen MR) is 151 cm³/mol. The van der Waals surface area contributed by atoms with E-state index in [0.29, 0.717) is 35.1 Å². The molecule has 0 aliphatic heterocycles. The van der Waals surface area contributed by atoms with Gasteiger partial charge in [0.2, 0.25) is 0 Å². The van der Waals surface area contributed by atoms with Crippen LogP contribution in [-0.2, 0) is 12.8 Å². The van der Waals surface area contributed by atoms with Crippen LogP contribution in [0.5, 0.6) is 23.0 Å². The Labute approximate surface area is 232 Å². The normalized spacial score (nSPS) is 10.7. The molecule has 0 saturated heterocycles. The first-order valence-corrected chi connectivity index (χ1v) is 13.1. The van der Waals surface area contributed by atoms with Crippen molar-refractivity contribution in [1.29, 1.82) is 0 Å². The monoisotopic (exact) mass is 538 g/mol. The zero-order valence-electron chi connectivity index (χ0n) is 22.3. The van der Waals surface area contributed by atoms with Gasteiger partial charge in [0.1, 0.15) is 23.0 Å². The van der Waals surface area contributed by atoms with Gasteiger partial charge in [-0.05, 0) is 84.6 Å². The van der Waals surface area contributed by atoms with Crippen LogP contribution in [0.1, 0.15) is 69.7 Å². The Bertz CT molecular complexity index is 1400. The summed E-state index contributed by atoms with van der Waals surface area (Å²) in [4.78, 5) is 38.1. The molecular weight excluding hydrogens is 508 g/mol. The summed E-state index contributed by atoms with van der Waals surface area (Å²) in [6.07, 6.45) is 2.02. The van der Waals surface area contributed by atoms with E-state index in [-0.39, 0.29) is 45.7 Å². The number of hydrogen-bond donors (Lipinski definition) is 2. The summed E-state index contributed by atoms with van der Waals surface area (Å²) in [5, 5.41) is 21.0. The number of phenolic OH excluding ortho intramolecular Hbond substituents is 2. The lowest BCUT2D eigenvalue weighted by Gasteiger charge is -2.10. The third-order valence-corrected chi connectivity index (χ3v) is 6.40. The number of carbonyl (C=O) groups excluding carboxylic acids is 3. The Balaban J connectivity index is 1.38. The fourth-order valence-corrected chi connectivity index (χ4v) is 4.36. The number of phenols is 2. The van der Waals surface area contributed by atoms with E-state index in [1.54, 1.807) is 36.4 Å². The number of aromatic hydroxyl groups is 2. The number of rotatable bonds is 10. The number of aryl methyl sites for hydroxylation is 2. The molecule has 0 amide bonds. The van der Waals surface area contributed by atoms with Crippen molar-refractivity contribution in [2.24, 2.45) is 0 Å². The minimum atomic E-state index is -0.993. The highest BCUT2D eigenvalue weighted by Gasteiger charge is 2.18. The first-order valence-electron chi connectivity index (χ1n) is 13.1. The summed E-state index contributed by atoms with van der Waals surface area (Å²) < 4.78 is 10.4. The summed E-state index contributed by atoms with van der Waals surface area (Å²) in [6, 6.07) is 22.1. The first kappa shape index (κ1) is 28.1. The van der Waals surface area contributed by atoms with E-state index in [0.717, 1.165) is 12.8 Å². The van der Waals surface area contributed by atoms with Gasteiger partial charge in [0, 0.05) is 11.1 Å². The first-order chi connectivity index (χ1) is 19.3. The molecule has 7 heteroatoms. The fraction of sp³-hybridized carbons (Fsp3) is 0.182. The van der Waals surface area contributed by atoms with Crippen molar-refractivity contribution in [1.82, 2.24) is 0 Å². The summed E-state index contributed by atoms with van der Waals surface area (Å²) in [6.45, 7) is 3.99. The van der Waals surface area contributed by atoms with Gasteiger partial charge in [0.25, 0.3) is 0 Å². The molecule has 0 heterocycles. The van der Waals surface area contributed by atoms with E-state index < -0.39 is 6.16 Å². The molecule has 0 aliphatic rings. The van der Waals surface area contributed by atoms with Gasteiger partial charge in [-0.3, -0.25) is 9.59 Å². The molecule has 204 valence electrons. The molecule has 4 aromatic carbocycles. The van der Waals surface area contributed by atoms with Crippen LogP contribution in [0.3, 0.4) is 0 Å². The zero-order chi connectivity index (χ0) is 28.6. The van der Waals surface area contributed by atoms with Crippen LogP contribution in [0.4, 0.5) is 4.79 Å². The summed E-state index contributed by atoms with van der Waals surface area (Å²) in [5.41, 5.74) is 2.52. The number of para-hydroxylation sites is 2. The Morgan fingerprint density at radius 2 is 0.950 bits per heavy atom. The third-order valence-electron chi connectivity index (χ3n) is 6.40. The van der Waals surface area contributed by atoms with Gasteiger partial charge in [0.05, 0.1) is 11.1 Å². The van der Waals surface area contributed by atoms with Crippen LogP contribution in [-0.4, -0.2) is 27.9 Å². The lowest BCUT2D eigenvalue weighted by Crippen LogP contribution is -2.14. The maximum absolute atomic E-state index is 12.9. The molecule has 40 heavy (non-hydrogen) atoms. The van der Waals surface area contributed by atoms with Crippen molar-refractivity contribution in [2.45, 2.75) is 39.5 Å². The van der Waals surface area contributed by atoms with Crippen molar-refractivity contribution in [3.8, 4) is 23.0 Å². The lowest BCUT2D eigenvalue weighted by molar-refractivity contribution is 0.102. The van der Waals surface area contributed by atoms with Crippen LogP contribution < -0.4 is 9.47 Å². The number of ether oxygens (including phenoxy) is 2. The van der Waals surface area contributed by atoms with Crippen LogP contribution >= 0.6 is 0 Å². The van der Waals surface area contributed by atoms with Gasteiger partial charge in [-0.1, -0.05) is 51.0 Å². The largest absolute Gasteiger partial charge is 0.519 e. The maximum atomic E-state index is 12.9. The highest BCUT2D eigenvalue weighted by Crippen LogP contribution is 2.28. The minimum absolute atomic E-state index is 0.0206. The summed E-state index contributed by atoms with van der Waals surface area (Å²) in [7, 11) is 0. The van der Waals surface area contributed by atoms with E-state index in [4.69, 9.17) is 9.47 Å².